The van der Waals surface area contributed by atoms with Crippen LogP contribution < -0.4 is 14.9 Å². The highest BCUT2D eigenvalue weighted by Gasteiger charge is 2.14. The van der Waals surface area contributed by atoms with Crippen molar-refractivity contribution in [3.05, 3.63) is 66.2 Å². The lowest BCUT2D eigenvalue weighted by molar-refractivity contribution is 0.595. The molecule has 0 spiro atoms. The molecule has 7 nitrogen and oxygen atoms in total. The van der Waals surface area contributed by atoms with Crippen molar-refractivity contribution in [1.82, 2.24) is 9.97 Å². The van der Waals surface area contributed by atoms with Crippen LogP contribution in [0.15, 0.2) is 59.5 Å². The molecule has 0 radical (unpaired) electrons. The van der Waals surface area contributed by atoms with E-state index in [-0.39, 0.29) is 4.90 Å². The third-order valence-corrected chi connectivity index (χ3v) is 5.18. The minimum absolute atomic E-state index is 0.137. The van der Waals surface area contributed by atoms with Crippen molar-refractivity contribution in [2.24, 2.45) is 0 Å². The summed E-state index contributed by atoms with van der Waals surface area (Å²) in [6, 6.07) is 13.3. The van der Waals surface area contributed by atoms with Crippen LogP contribution in [0.1, 0.15) is 5.82 Å². The van der Waals surface area contributed by atoms with Gasteiger partial charge in [-0.2, -0.15) is 0 Å². The molecular weight excluding hydrogens is 381 g/mol. The molecule has 28 heavy (non-hydrogen) atoms. The van der Waals surface area contributed by atoms with Gasteiger partial charge in [0.1, 0.15) is 23.3 Å². The fraction of sp³-hybridized carbons (Fsp3) is 0.158. The highest BCUT2D eigenvalue weighted by Crippen LogP contribution is 2.22. The Kier molecular flexibility index (Phi) is 5.46. The molecular formula is C19H20FN5O2S. The van der Waals surface area contributed by atoms with E-state index >= 15 is 0 Å². The highest BCUT2D eigenvalue weighted by molar-refractivity contribution is 7.92. The van der Waals surface area contributed by atoms with Crippen molar-refractivity contribution in [3.8, 4) is 0 Å². The normalized spacial score (nSPS) is 11.1. The third-order valence-electron chi connectivity index (χ3n) is 3.80. The van der Waals surface area contributed by atoms with Crippen LogP contribution >= 0.6 is 0 Å². The highest BCUT2D eigenvalue weighted by atomic mass is 32.2. The molecule has 1 heterocycles. The fourth-order valence-corrected chi connectivity index (χ4v) is 3.55. The Morgan fingerprint density at radius 3 is 2.29 bits per heavy atom. The molecule has 3 aromatic rings. The van der Waals surface area contributed by atoms with Crippen LogP contribution in [-0.4, -0.2) is 32.5 Å². The number of anilines is 4. The SMILES string of the molecule is Cc1nc(Nc2ccc(NS(=O)(=O)c3cccc(F)c3)cc2)cc(N(C)C)n1. The van der Waals surface area contributed by atoms with Crippen LogP contribution in [0.3, 0.4) is 0 Å². The number of hydrogen-bond acceptors (Lipinski definition) is 6. The van der Waals surface area contributed by atoms with Crippen molar-refractivity contribution in [3.63, 3.8) is 0 Å². The van der Waals surface area contributed by atoms with Crippen molar-refractivity contribution >= 4 is 33.0 Å². The average molecular weight is 401 g/mol. The average Bonchev–Trinajstić information content (AvgIpc) is 2.62. The first-order valence-corrected chi connectivity index (χ1v) is 9.90. The second-order valence-electron chi connectivity index (χ2n) is 6.32. The van der Waals surface area contributed by atoms with Gasteiger partial charge in [0, 0.05) is 31.5 Å². The van der Waals surface area contributed by atoms with Crippen molar-refractivity contribution in [1.29, 1.82) is 0 Å². The van der Waals surface area contributed by atoms with Crippen LogP contribution in [-0.2, 0) is 10.0 Å². The predicted octanol–water partition coefficient (Wildman–Crippen LogP) is 3.53. The molecule has 0 saturated heterocycles. The van der Waals surface area contributed by atoms with Crippen molar-refractivity contribution in [2.75, 3.05) is 29.0 Å². The molecule has 3 rings (SSSR count). The summed E-state index contributed by atoms with van der Waals surface area (Å²) < 4.78 is 40.4. The molecule has 1 aromatic heterocycles. The maximum Gasteiger partial charge on any atom is 0.261 e. The zero-order valence-electron chi connectivity index (χ0n) is 15.6. The van der Waals surface area contributed by atoms with Gasteiger partial charge < -0.3 is 10.2 Å². The van der Waals surface area contributed by atoms with Crippen molar-refractivity contribution in [2.45, 2.75) is 11.8 Å². The number of benzene rings is 2. The molecule has 0 amide bonds. The van der Waals surface area contributed by atoms with E-state index < -0.39 is 15.8 Å². The standard InChI is InChI=1S/C19H20FN5O2S/c1-13-21-18(12-19(22-13)25(2)3)23-15-7-9-16(10-8-15)24-28(26,27)17-6-4-5-14(20)11-17/h4-12,24H,1-3H3,(H,21,22,23). The Hall–Kier alpha value is -3.20. The molecule has 146 valence electrons. The summed E-state index contributed by atoms with van der Waals surface area (Å²) in [6.07, 6.45) is 0. The van der Waals surface area contributed by atoms with Crippen LogP contribution in [0.2, 0.25) is 0 Å². The van der Waals surface area contributed by atoms with E-state index in [1.54, 1.807) is 24.3 Å². The maximum atomic E-state index is 13.3. The van der Waals surface area contributed by atoms with Gasteiger partial charge in [0.05, 0.1) is 4.90 Å². The molecule has 0 fully saturated rings. The quantitative estimate of drug-likeness (QED) is 0.657. The van der Waals surface area contributed by atoms with Crippen LogP contribution in [0.4, 0.5) is 27.4 Å². The second kappa shape index (κ2) is 7.81. The molecule has 0 aliphatic carbocycles. The van der Waals surface area contributed by atoms with Gasteiger partial charge in [0.2, 0.25) is 0 Å². The number of nitrogens with zero attached hydrogens (tertiary/aromatic N) is 3. The molecule has 0 aliphatic rings. The minimum Gasteiger partial charge on any atom is -0.363 e. The van der Waals surface area contributed by atoms with Crippen LogP contribution in [0, 0.1) is 12.7 Å². The van der Waals surface area contributed by atoms with Crippen LogP contribution in [0.25, 0.3) is 0 Å². The molecule has 9 heteroatoms. The summed E-state index contributed by atoms with van der Waals surface area (Å²) >= 11 is 0. The zero-order chi connectivity index (χ0) is 20.3. The predicted molar refractivity (Wildman–Crippen MR) is 108 cm³/mol. The zero-order valence-corrected chi connectivity index (χ0v) is 16.5. The lowest BCUT2D eigenvalue weighted by Gasteiger charge is -2.14. The molecule has 0 bridgehead atoms. The van der Waals surface area contributed by atoms with Gasteiger partial charge in [0.15, 0.2) is 0 Å². The Morgan fingerprint density at radius 1 is 0.964 bits per heavy atom. The van der Waals surface area contributed by atoms with E-state index in [1.807, 2.05) is 32.0 Å². The molecule has 0 atom stereocenters. The summed E-state index contributed by atoms with van der Waals surface area (Å²) in [5.41, 5.74) is 1.10. The Labute approximate surface area is 163 Å². The molecule has 2 aromatic carbocycles. The monoisotopic (exact) mass is 401 g/mol. The lowest BCUT2D eigenvalue weighted by Crippen LogP contribution is -2.13. The van der Waals surface area contributed by atoms with Gasteiger partial charge in [0.25, 0.3) is 10.0 Å². The summed E-state index contributed by atoms with van der Waals surface area (Å²) in [6.45, 7) is 1.81. The first-order chi connectivity index (χ1) is 13.2. The number of aryl methyl sites for hydroxylation is 1. The summed E-state index contributed by atoms with van der Waals surface area (Å²) in [7, 11) is -0.0771. The topological polar surface area (TPSA) is 87.2 Å². The number of aromatic nitrogens is 2. The lowest BCUT2D eigenvalue weighted by atomic mass is 10.3. The largest absolute Gasteiger partial charge is 0.363 e. The molecule has 0 unspecified atom stereocenters. The summed E-state index contributed by atoms with van der Waals surface area (Å²) in [5, 5.41) is 3.16. The van der Waals surface area contributed by atoms with Gasteiger partial charge in [-0.25, -0.2) is 22.8 Å². The molecule has 0 saturated carbocycles. The van der Waals surface area contributed by atoms with Gasteiger partial charge in [-0.05, 0) is 49.4 Å². The first-order valence-electron chi connectivity index (χ1n) is 8.41. The van der Waals surface area contributed by atoms with E-state index in [0.29, 0.717) is 17.3 Å². The number of rotatable bonds is 6. The number of nitrogens with one attached hydrogen (secondary N) is 2. The van der Waals surface area contributed by atoms with Gasteiger partial charge in [-0.3, -0.25) is 4.72 Å². The maximum absolute atomic E-state index is 13.3. The fourth-order valence-electron chi connectivity index (χ4n) is 2.46. The van der Waals surface area contributed by atoms with Crippen molar-refractivity contribution < 1.29 is 12.8 Å². The number of hydrogen-bond donors (Lipinski definition) is 2. The van der Waals surface area contributed by atoms with Gasteiger partial charge in [-0.15, -0.1) is 0 Å². The van der Waals surface area contributed by atoms with Gasteiger partial charge >= 0.3 is 0 Å². The van der Waals surface area contributed by atoms with Crippen LogP contribution in [0.5, 0.6) is 0 Å². The molecule has 2 N–H and O–H groups in total. The van der Waals surface area contributed by atoms with Gasteiger partial charge in [-0.1, -0.05) is 6.07 Å². The number of halogens is 1. The van der Waals surface area contributed by atoms with E-state index in [0.717, 1.165) is 17.6 Å². The summed E-state index contributed by atoms with van der Waals surface area (Å²) in [5.74, 6) is 1.42. The molecule has 0 aliphatic heterocycles. The smallest absolute Gasteiger partial charge is 0.261 e. The van der Waals surface area contributed by atoms with E-state index in [4.69, 9.17) is 0 Å². The Balaban J connectivity index is 1.75. The minimum atomic E-state index is -3.86. The Morgan fingerprint density at radius 2 is 1.64 bits per heavy atom. The van der Waals surface area contributed by atoms with E-state index in [1.165, 1.54) is 18.2 Å². The van der Waals surface area contributed by atoms with E-state index in [2.05, 4.69) is 20.0 Å². The number of sulfonamides is 1. The summed E-state index contributed by atoms with van der Waals surface area (Å²) in [4.78, 5) is 10.4. The first kappa shape index (κ1) is 19.6. The third kappa shape index (κ3) is 4.74. The van der Waals surface area contributed by atoms with E-state index in [9.17, 15) is 12.8 Å². The second-order valence-corrected chi connectivity index (χ2v) is 8.00. The Bertz CT molecular complexity index is 1090.